The van der Waals surface area contributed by atoms with Gasteiger partial charge in [0.25, 0.3) is 0 Å². The average molecular weight is 242 g/mol. The van der Waals surface area contributed by atoms with Crippen LogP contribution in [0.2, 0.25) is 0 Å². The molecule has 0 aromatic carbocycles. The van der Waals surface area contributed by atoms with E-state index in [0.717, 1.165) is 0 Å². The van der Waals surface area contributed by atoms with Crippen molar-refractivity contribution >= 4 is 15.6 Å². The summed E-state index contributed by atoms with van der Waals surface area (Å²) in [7, 11) is -10.5. The predicted octanol–water partition coefficient (Wildman–Crippen LogP) is -5.02. The van der Waals surface area contributed by atoms with E-state index in [1.165, 1.54) is 0 Å². The van der Waals surface area contributed by atoms with Crippen LogP contribution in [0, 0.1) is 0 Å². The minimum absolute atomic E-state index is 0. The second-order valence-electron chi connectivity index (χ2n) is 0.916. The summed E-state index contributed by atoms with van der Waals surface area (Å²) in [6, 6.07) is 0. The molecule has 0 aliphatic heterocycles. The summed E-state index contributed by atoms with van der Waals surface area (Å²) in [4.78, 5) is 49.9. The SMILES string of the molecule is O=P([O-])([O-])O.O=P([O-])([O-])[O-].[V]. The molecule has 0 fully saturated rings. The van der Waals surface area contributed by atoms with E-state index in [2.05, 4.69) is 0 Å². The van der Waals surface area contributed by atoms with Crippen LogP contribution < -0.4 is 24.5 Å². The van der Waals surface area contributed by atoms with Crippen LogP contribution in [0.4, 0.5) is 0 Å². The molecule has 0 rings (SSSR count). The summed E-state index contributed by atoms with van der Waals surface area (Å²) in [6.45, 7) is 0. The van der Waals surface area contributed by atoms with Crippen molar-refractivity contribution in [3.8, 4) is 0 Å². The Labute approximate surface area is 73.3 Å². The van der Waals surface area contributed by atoms with Gasteiger partial charge in [-0.25, -0.2) is 0 Å². The van der Waals surface area contributed by atoms with Crippen LogP contribution in [0.1, 0.15) is 0 Å². The van der Waals surface area contributed by atoms with Crippen LogP contribution in [0.5, 0.6) is 0 Å². The fourth-order valence-electron chi connectivity index (χ4n) is 0. The van der Waals surface area contributed by atoms with Crippen molar-refractivity contribution in [2.24, 2.45) is 0 Å². The quantitative estimate of drug-likeness (QED) is 0.411. The topological polar surface area (TPSA) is 170 Å². The molecule has 0 aliphatic carbocycles. The van der Waals surface area contributed by atoms with E-state index >= 15 is 0 Å². The first-order valence-electron chi connectivity index (χ1n) is 1.48. The second kappa shape index (κ2) is 6.33. The fraction of sp³-hybridized carbons (Fsp3) is 0. The normalized spacial score (nSPS) is 10.7. The van der Waals surface area contributed by atoms with Gasteiger partial charge < -0.3 is 38.5 Å². The Bertz CT molecular complexity index is 124. The molecule has 11 heteroatoms. The largest absolute Gasteiger partial charge is 0.822 e. The van der Waals surface area contributed by atoms with Crippen LogP contribution >= 0.6 is 15.6 Å². The Hall–Kier alpha value is 0.804. The zero-order valence-corrected chi connectivity index (χ0v) is 7.83. The van der Waals surface area contributed by atoms with Crippen molar-refractivity contribution in [1.29, 1.82) is 0 Å². The van der Waals surface area contributed by atoms with E-state index in [4.69, 9.17) is 38.5 Å². The Morgan fingerprint density at radius 3 is 0.909 bits per heavy atom. The number of hydrogen-bond acceptors (Lipinski definition) is 7. The van der Waals surface area contributed by atoms with Gasteiger partial charge in [0.2, 0.25) is 0 Å². The average Bonchev–Trinajstić information content (AvgIpc) is 1.12. The molecule has 0 saturated heterocycles. The van der Waals surface area contributed by atoms with E-state index in [1.807, 2.05) is 0 Å². The Kier molecular flexibility index (Phi) is 10.2. The Morgan fingerprint density at radius 1 is 0.909 bits per heavy atom. The minimum atomic E-state index is -5.39. The molecule has 0 unspecified atom stereocenters. The summed E-state index contributed by atoms with van der Waals surface area (Å²) in [5.41, 5.74) is 0. The number of hydrogen-bond donors (Lipinski definition) is 1. The maximum atomic E-state index is 8.66. The van der Waals surface area contributed by atoms with E-state index in [0.29, 0.717) is 0 Å². The fourth-order valence-corrected chi connectivity index (χ4v) is 0. The maximum Gasteiger partial charge on any atom is 0.0557 e. The number of rotatable bonds is 0. The zero-order chi connectivity index (χ0) is 9.00. The molecule has 0 atom stereocenters. The molecule has 0 bridgehead atoms. The summed E-state index contributed by atoms with van der Waals surface area (Å²) in [5.74, 6) is 0. The summed E-state index contributed by atoms with van der Waals surface area (Å²) >= 11 is 0. The molecule has 1 N–H and O–H groups in total. The van der Waals surface area contributed by atoms with Crippen LogP contribution in [0.25, 0.3) is 0 Å². The zero-order valence-electron chi connectivity index (χ0n) is 4.65. The van der Waals surface area contributed by atoms with Gasteiger partial charge in [-0.2, -0.15) is 7.82 Å². The van der Waals surface area contributed by atoms with Gasteiger partial charge in [-0.05, 0) is 0 Å². The van der Waals surface area contributed by atoms with Gasteiger partial charge in [0, 0.05) is 18.6 Å². The van der Waals surface area contributed by atoms with Crippen LogP contribution in [-0.2, 0) is 27.7 Å². The van der Waals surface area contributed by atoms with Gasteiger partial charge >= 0.3 is 0 Å². The first kappa shape index (κ1) is 17.8. The molecule has 0 spiro atoms. The summed E-state index contributed by atoms with van der Waals surface area (Å²) in [5, 5.41) is 0. The van der Waals surface area contributed by atoms with Crippen LogP contribution in [-0.4, -0.2) is 4.89 Å². The molecule has 0 saturated carbocycles. The molecule has 0 aromatic heterocycles. The first-order valence-corrected chi connectivity index (χ1v) is 4.43. The van der Waals surface area contributed by atoms with Crippen molar-refractivity contribution in [3.05, 3.63) is 0 Å². The second-order valence-corrected chi connectivity index (χ2v) is 2.75. The molecular weight excluding hydrogens is 241 g/mol. The molecule has 8 nitrogen and oxygen atoms in total. The van der Waals surface area contributed by atoms with E-state index < -0.39 is 15.6 Å². The van der Waals surface area contributed by atoms with Gasteiger partial charge in [-0.3, -0.25) is 0 Å². The molecule has 11 heavy (non-hydrogen) atoms. The molecule has 0 aliphatic rings. The molecular formula is HO8P2V-5. The maximum absolute atomic E-state index is 8.66. The third-order valence-electron chi connectivity index (χ3n) is 0. The molecule has 0 aromatic rings. The first-order chi connectivity index (χ1) is 4.00. The van der Waals surface area contributed by atoms with Gasteiger partial charge in [0.15, 0.2) is 0 Å². The van der Waals surface area contributed by atoms with Crippen molar-refractivity contribution in [2.45, 2.75) is 0 Å². The Morgan fingerprint density at radius 2 is 0.909 bits per heavy atom. The Balaban J connectivity index is -0.000000107. The summed E-state index contributed by atoms with van der Waals surface area (Å²) in [6.07, 6.45) is 0. The van der Waals surface area contributed by atoms with Crippen molar-refractivity contribution in [2.75, 3.05) is 0 Å². The van der Waals surface area contributed by atoms with Crippen molar-refractivity contribution in [1.82, 2.24) is 0 Å². The van der Waals surface area contributed by atoms with E-state index in [1.54, 1.807) is 0 Å². The van der Waals surface area contributed by atoms with Gasteiger partial charge in [-0.15, -0.1) is 0 Å². The van der Waals surface area contributed by atoms with Crippen molar-refractivity contribution in [3.63, 3.8) is 0 Å². The number of phosphoric acid groups is 2. The van der Waals surface area contributed by atoms with Gasteiger partial charge in [0.1, 0.15) is 0 Å². The molecule has 0 amide bonds. The van der Waals surface area contributed by atoms with Gasteiger partial charge in [-0.1, -0.05) is 0 Å². The third kappa shape index (κ3) is 1290. The summed E-state index contributed by atoms with van der Waals surface area (Å²) < 4.78 is 17.2. The van der Waals surface area contributed by atoms with Crippen LogP contribution in [0.15, 0.2) is 0 Å². The van der Waals surface area contributed by atoms with Crippen molar-refractivity contribution < 1.29 is 57.0 Å². The third-order valence-corrected chi connectivity index (χ3v) is 0. The minimum Gasteiger partial charge on any atom is -0.822 e. The smallest absolute Gasteiger partial charge is 0.0557 e. The predicted molar refractivity (Wildman–Crippen MR) is 17.4 cm³/mol. The van der Waals surface area contributed by atoms with E-state index in [9.17, 15) is 0 Å². The monoisotopic (exact) mass is 242 g/mol. The van der Waals surface area contributed by atoms with E-state index in [-0.39, 0.29) is 18.6 Å². The molecule has 0 heterocycles. The van der Waals surface area contributed by atoms with Gasteiger partial charge in [0.05, 0.1) is 7.82 Å². The van der Waals surface area contributed by atoms with Crippen LogP contribution in [0.3, 0.4) is 0 Å². The molecule has 1 radical (unpaired) electrons. The molecule has 69 valence electrons. The standard InChI is InChI=1S/2H3O4P.V/c2*1-5(2,3)4;/h2*(H3,1,2,3,4);/p-5.